The molecule has 0 bridgehead atoms. The van der Waals surface area contributed by atoms with Crippen molar-refractivity contribution in [3.05, 3.63) is 66.0 Å². The number of carbonyl (C=O) groups excluding carboxylic acids is 1. The third-order valence-corrected chi connectivity index (χ3v) is 3.90. The van der Waals surface area contributed by atoms with Crippen LogP contribution in [0.25, 0.3) is 0 Å². The van der Waals surface area contributed by atoms with Crippen molar-refractivity contribution in [1.29, 1.82) is 0 Å². The average molecular weight is 282 g/mol. The molecular weight excluding hydrogens is 264 g/mol. The van der Waals surface area contributed by atoms with Gasteiger partial charge in [0.05, 0.1) is 6.61 Å². The van der Waals surface area contributed by atoms with Gasteiger partial charge in [0.25, 0.3) is 0 Å². The van der Waals surface area contributed by atoms with E-state index in [1.54, 1.807) is 12.4 Å². The molecule has 1 aliphatic rings. The van der Waals surface area contributed by atoms with Gasteiger partial charge in [-0.05, 0) is 25.6 Å². The average Bonchev–Trinajstić information content (AvgIpc) is 2.56. The van der Waals surface area contributed by atoms with E-state index >= 15 is 0 Å². The lowest BCUT2D eigenvalue weighted by molar-refractivity contribution is -0.150. The largest absolute Gasteiger partial charge is 0.349 e. The molecule has 2 heterocycles. The van der Waals surface area contributed by atoms with Crippen molar-refractivity contribution in [2.45, 2.75) is 12.1 Å². The Hall–Kier alpha value is -2.04. The highest BCUT2D eigenvalue weighted by Gasteiger charge is 2.47. The monoisotopic (exact) mass is 282 g/mol. The number of carbonyl (C=O) groups is 1. The molecule has 1 unspecified atom stereocenters. The van der Waals surface area contributed by atoms with Gasteiger partial charge in [0.15, 0.2) is 0 Å². The summed E-state index contributed by atoms with van der Waals surface area (Å²) in [7, 11) is 1.93. The zero-order valence-electron chi connectivity index (χ0n) is 12.0. The van der Waals surface area contributed by atoms with Crippen LogP contribution >= 0.6 is 0 Å². The Bertz CT molecular complexity index is 615. The smallest absolute Gasteiger partial charge is 0.214 e. The van der Waals surface area contributed by atoms with E-state index in [1.165, 1.54) is 0 Å². The van der Waals surface area contributed by atoms with E-state index in [0.29, 0.717) is 12.2 Å². The van der Waals surface area contributed by atoms with Crippen LogP contribution in [0.5, 0.6) is 0 Å². The standard InChI is InChI=1S/C17H18N2O2/c1-19-12-5-13-21-17(19,15-8-10-18-11-9-15)16(20)14-6-3-2-4-7-14/h2-4,6-11H,5,12-13H2,1H3. The van der Waals surface area contributed by atoms with Gasteiger partial charge in [-0.25, -0.2) is 0 Å². The molecule has 0 saturated carbocycles. The lowest BCUT2D eigenvalue weighted by atomic mass is 9.91. The quantitative estimate of drug-likeness (QED) is 0.811. The molecule has 3 rings (SSSR count). The zero-order valence-corrected chi connectivity index (χ0v) is 12.0. The summed E-state index contributed by atoms with van der Waals surface area (Å²) in [6, 6.07) is 13.0. The summed E-state index contributed by atoms with van der Waals surface area (Å²) < 4.78 is 6.03. The second-order valence-corrected chi connectivity index (χ2v) is 5.20. The lowest BCUT2D eigenvalue weighted by Crippen LogP contribution is -2.55. The van der Waals surface area contributed by atoms with Crippen LogP contribution in [-0.4, -0.2) is 35.9 Å². The fourth-order valence-corrected chi connectivity index (χ4v) is 2.83. The Balaban J connectivity index is 2.11. The van der Waals surface area contributed by atoms with E-state index in [2.05, 4.69) is 4.98 Å². The number of ketones is 1. The van der Waals surface area contributed by atoms with Crippen molar-refractivity contribution in [2.24, 2.45) is 0 Å². The van der Waals surface area contributed by atoms with Crippen molar-refractivity contribution in [3.8, 4) is 0 Å². The molecule has 21 heavy (non-hydrogen) atoms. The Morgan fingerprint density at radius 1 is 1.19 bits per heavy atom. The summed E-state index contributed by atoms with van der Waals surface area (Å²) >= 11 is 0. The number of ether oxygens (including phenoxy) is 1. The van der Waals surface area contributed by atoms with Crippen LogP contribution in [0.15, 0.2) is 54.9 Å². The van der Waals surface area contributed by atoms with Gasteiger partial charge in [-0.3, -0.25) is 14.7 Å². The summed E-state index contributed by atoms with van der Waals surface area (Å²) in [4.78, 5) is 19.2. The third-order valence-electron chi connectivity index (χ3n) is 3.90. The second kappa shape index (κ2) is 5.76. The number of hydrogen-bond donors (Lipinski definition) is 0. The van der Waals surface area contributed by atoms with E-state index in [-0.39, 0.29) is 5.78 Å². The van der Waals surface area contributed by atoms with E-state index in [0.717, 1.165) is 18.5 Å². The highest BCUT2D eigenvalue weighted by atomic mass is 16.5. The van der Waals surface area contributed by atoms with Crippen LogP contribution in [-0.2, 0) is 10.5 Å². The number of rotatable bonds is 3. The molecule has 0 radical (unpaired) electrons. The maximum atomic E-state index is 13.1. The molecule has 1 fully saturated rings. The first-order valence-electron chi connectivity index (χ1n) is 7.11. The summed E-state index contributed by atoms with van der Waals surface area (Å²) in [6.45, 7) is 1.39. The maximum Gasteiger partial charge on any atom is 0.214 e. The number of Topliss-reactive ketones (excluding diaryl/α,β-unsaturated/α-hetero) is 1. The van der Waals surface area contributed by atoms with E-state index in [1.807, 2.05) is 54.4 Å². The number of benzene rings is 1. The second-order valence-electron chi connectivity index (χ2n) is 5.20. The van der Waals surface area contributed by atoms with Gasteiger partial charge >= 0.3 is 0 Å². The SMILES string of the molecule is CN1CCCOC1(C(=O)c1ccccc1)c1ccncc1. The normalized spacial score (nSPS) is 22.9. The van der Waals surface area contributed by atoms with E-state index in [9.17, 15) is 4.79 Å². The molecule has 2 aromatic rings. The summed E-state index contributed by atoms with van der Waals surface area (Å²) in [5.41, 5.74) is 0.430. The Morgan fingerprint density at radius 2 is 1.90 bits per heavy atom. The van der Waals surface area contributed by atoms with Gasteiger partial charge in [-0.1, -0.05) is 30.3 Å². The number of hydrogen-bond acceptors (Lipinski definition) is 4. The number of nitrogens with zero attached hydrogens (tertiary/aromatic N) is 2. The van der Waals surface area contributed by atoms with Crippen LogP contribution in [0.2, 0.25) is 0 Å². The minimum atomic E-state index is -1.05. The van der Waals surface area contributed by atoms with Crippen molar-refractivity contribution < 1.29 is 9.53 Å². The molecule has 0 aliphatic carbocycles. The van der Waals surface area contributed by atoms with Gasteiger partial charge in [0, 0.05) is 30.1 Å². The number of pyridine rings is 1. The van der Waals surface area contributed by atoms with Gasteiger partial charge in [-0.2, -0.15) is 0 Å². The molecule has 1 saturated heterocycles. The van der Waals surface area contributed by atoms with Crippen molar-refractivity contribution >= 4 is 5.78 Å². The van der Waals surface area contributed by atoms with Crippen LogP contribution in [0.3, 0.4) is 0 Å². The highest BCUT2D eigenvalue weighted by Crippen LogP contribution is 2.35. The maximum absolute atomic E-state index is 13.1. The molecular formula is C17H18N2O2. The lowest BCUT2D eigenvalue weighted by Gasteiger charge is -2.43. The van der Waals surface area contributed by atoms with Crippen LogP contribution in [0.4, 0.5) is 0 Å². The molecule has 0 spiro atoms. The molecule has 0 amide bonds. The molecule has 0 N–H and O–H groups in total. The Kier molecular flexibility index (Phi) is 3.82. The topological polar surface area (TPSA) is 42.4 Å². The highest BCUT2D eigenvalue weighted by molar-refractivity contribution is 6.02. The van der Waals surface area contributed by atoms with Gasteiger partial charge < -0.3 is 4.74 Å². The molecule has 108 valence electrons. The summed E-state index contributed by atoms with van der Waals surface area (Å²) in [5, 5.41) is 0. The van der Waals surface area contributed by atoms with Crippen LogP contribution in [0.1, 0.15) is 22.3 Å². The fraction of sp³-hybridized carbons (Fsp3) is 0.294. The first kappa shape index (κ1) is 13.9. The van der Waals surface area contributed by atoms with Crippen molar-refractivity contribution in [3.63, 3.8) is 0 Å². The number of aromatic nitrogens is 1. The predicted octanol–water partition coefficient (Wildman–Crippen LogP) is 2.47. The number of likely N-dealkylation sites (N-methyl/N-ethyl adjacent to an activating group) is 1. The van der Waals surface area contributed by atoms with Crippen molar-refractivity contribution in [1.82, 2.24) is 9.88 Å². The summed E-state index contributed by atoms with van der Waals surface area (Å²) in [6.07, 6.45) is 4.31. The molecule has 4 nitrogen and oxygen atoms in total. The predicted molar refractivity (Wildman–Crippen MR) is 79.9 cm³/mol. The molecule has 1 aromatic heterocycles. The minimum absolute atomic E-state index is 0.0310. The van der Waals surface area contributed by atoms with E-state index in [4.69, 9.17) is 4.74 Å². The van der Waals surface area contributed by atoms with Gasteiger partial charge in [0.1, 0.15) is 0 Å². The molecule has 1 aromatic carbocycles. The molecule has 1 aliphatic heterocycles. The van der Waals surface area contributed by atoms with Gasteiger partial charge in [0.2, 0.25) is 11.5 Å². The Morgan fingerprint density at radius 3 is 2.57 bits per heavy atom. The third kappa shape index (κ3) is 2.37. The summed E-state index contributed by atoms with van der Waals surface area (Å²) in [5.74, 6) is -0.0310. The van der Waals surface area contributed by atoms with Crippen LogP contribution in [0, 0.1) is 0 Å². The minimum Gasteiger partial charge on any atom is -0.349 e. The van der Waals surface area contributed by atoms with Gasteiger partial charge in [-0.15, -0.1) is 0 Å². The van der Waals surface area contributed by atoms with Crippen molar-refractivity contribution in [2.75, 3.05) is 20.2 Å². The zero-order chi connectivity index (χ0) is 14.7. The first-order chi connectivity index (χ1) is 10.2. The molecule has 4 heteroatoms. The van der Waals surface area contributed by atoms with Crippen LogP contribution < -0.4 is 0 Å². The van der Waals surface area contributed by atoms with E-state index < -0.39 is 5.72 Å². The Labute approximate surface area is 124 Å². The first-order valence-corrected chi connectivity index (χ1v) is 7.11. The molecule has 1 atom stereocenters. The fourth-order valence-electron chi connectivity index (χ4n) is 2.83.